The number of aromatic nitrogens is 2. The van der Waals surface area contributed by atoms with Gasteiger partial charge in [0, 0.05) is 46.8 Å². The van der Waals surface area contributed by atoms with Crippen molar-refractivity contribution in [2.75, 3.05) is 10.6 Å². The lowest BCUT2D eigenvalue weighted by Crippen LogP contribution is -2.30. The highest BCUT2D eigenvalue weighted by atomic mass is 32.2. The van der Waals surface area contributed by atoms with Crippen molar-refractivity contribution in [1.29, 1.82) is 0 Å². The molecule has 0 aliphatic rings. The average molecular weight is 701 g/mol. The summed E-state index contributed by atoms with van der Waals surface area (Å²) in [5.41, 5.74) is 7.72. The maximum Gasteiger partial charge on any atom is 0.294 e. The Morgan fingerprint density at radius 3 is 1.18 bits per heavy atom. The van der Waals surface area contributed by atoms with E-state index in [4.69, 9.17) is 4.55 Å². The van der Waals surface area contributed by atoms with Gasteiger partial charge in [-0.3, -0.25) is 14.1 Å². The summed E-state index contributed by atoms with van der Waals surface area (Å²) in [7, 11) is -4.02. The highest BCUT2D eigenvalue weighted by molar-refractivity contribution is 7.85. The Labute approximate surface area is 298 Å². The van der Waals surface area contributed by atoms with Crippen molar-refractivity contribution >= 4 is 33.3 Å². The van der Waals surface area contributed by atoms with Crippen LogP contribution in [-0.2, 0) is 23.2 Å². The van der Waals surface area contributed by atoms with Crippen LogP contribution in [0.25, 0.3) is 22.3 Å². The molecule has 2 heterocycles. The SMILES string of the molecule is CC[n+]1ccc(-c2ccc(NC(=O)c3ccc(C(=O)Nc4ccc(-c5cc[n+](CC)cc5)cc4)cc3)cc2)cc1.Cc1ccc(S(=O)(=O)O)cc1. The number of amides is 2. The number of aryl methyl sites for hydroxylation is 3. The Balaban J connectivity index is 0.000000392. The molecular weight excluding hydrogens is 661 g/mol. The normalized spacial score (nSPS) is 10.8. The second-order valence-corrected chi connectivity index (χ2v) is 13.2. The van der Waals surface area contributed by atoms with Crippen LogP contribution in [-0.4, -0.2) is 24.8 Å². The van der Waals surface area contributed by atoms with E-state index in [0.29, 0.717) is 22.5 Å². The molecule has 4 aromatic carbocycles. The van der Waals surface area contributed by atoms with E-state index in [9.17, 15) is 18.0 Å². The van der Waals surface area contributed by atoms with Gasteiger partial charge < -0.3 is 10.6 Å². The number of hydrogen-bond acceptors (Lipinski definition) is 4. The smallest absolute Gasteiger partial charge is 0.294 e. The molecule has 2 amide bonds. The number of carbonyl (C=O) groups is 2. The van der Waals surface area contributed by atoms with E-state index in [0.717, 1.165) is 40.9 Å². The first-order chi connectivity index (χ1) is 24.5. The van der Waals surface area contributed by atoms with Crippen LogP contribution in [0.3, 0.4) is 0 Å². The van der Waals surface area contributed by atoms with E-state index in [1.807, 2.05) is 55.5 Å². The van der Waals surface area contributed by atoms with Crippen LogP contribution in [0.5, 0.6) is 0 Å². The molecule has 0 fully saturated rings. The first-order valence-corrected chi connectivity index (χ1v) is 17.9. The Morgan fingerprint density at radius 2 is 0.863 bits per heavy atom. The maximum atomic E-state index is 12.8. The molecule has 51 heavy (non-hydrogen) atoms. The molecule has 0 aliphatic heterocycles. The van der Waals surface area contributed by atoms with Crippen molar-refractivity contribution in [2.24, 2.45) is 0 Å². The van der Waals surface area contributed by atoms with Gasteiger partial charge in [0.25, 0.3) is 21.9 Å². The number of rotatable bonds is 9. The van der Waals surface area contributed by atoms with Gasteiger partial charge in [0.05, 0.1) is 4.90 Å². The highest BCUT2D eigenvalue weighted by Crippen LogP contribution is 2.22. The third-order valence-electron chi connectivity index (χ3n) is 8.19. The monoisotopic (exact) mass is 700 g/mol. The van der Waals surface area contributed by atoms with Crippen LogP contribution in [0.2, 0.25) is 0 Å². The molecule has 6 aromatic rings. The van der Waals surface area contributed by atoms with E-state index in [1.54, 1.807) is 36.4 Å². The number of hydrogen-bond donors (Lipinski definition) is 3. The van der Waals surface area contributed by atoms with Crippen LogP contribution >= 0.6 is 0 Å². The third kappa shape index (κ3) is 10.0. The van der Waals surface area contributed by atoms with Gasteiger partial charge in [0.15, 0.2) is 24.8 Å². The average Bonchev–Trinajstić information content (AvgIpc) is 3.15. The summed E-state index contributed by atoms with van der Waals surface area (Å²) < 4.78 is 33.8. The minimum absolute atomic E-state index is 0.0666. The first kappa shape index (κ1) is 36.3. The summed E-state index contributed by atoms with van der Waals surface area (Å²) in [4.78, 5) is 25.5. The van der Waals surface area contributed by atoms with Gasteiger partial charge in [0.1, 0.15) is 13.1 Å². The van der Waals surface area contributed by atoms with Crippen LogP contribution in [0.4, 0.5) is 11.4 Å². The quantitative estimate of drug-likeness (QED) is 0.107. The van der Waals surface area contributed by atoms with Gasteiger partial charge in [-0.25, -0.2) is 9.13 Å². The van der Waals surface area contributed by atoms with Crippen molar-refractivity contribution in [2.45, 2.75) is 38.8 Å². The van der Waals surface area contributed by atoms with Crippen molar-refractivity contribution in [3.8, 4) is 22.3 Å². The topological polar surface area (TPSA) is 120 Å². The molecule has 0 saturated heterocycles. The Kier molecular flexibility index (Phi) is 11.8. The number of nitrogens with one attached hydrogen (secondary N) is 2. The standard InChI is InChI=1S/C34H30N4O2.C7H8O3S/c1-3-37-21-17-27(18-22-37)25-9-13-31(14-10-25)35-33(39)29-5-7-30(8-6-29)34(40)36-32-15-11-26(12-16-32)28-19-23-38(4-2)24-20-28;1-6-2-4-7(5-3-6)11(8,9)10/h5-24H,3-4H2,1-2H3;2-5H,1H3,(H,8,9,10)/p+2. The minimum Gasteiger partial charge on any atom is -0.322 e. The minimum atomic E-state index is -4.02. The summed E-state index contributed by atoms with van der Waals surface area (Å²) in [6.45, 7) is 7.91. The number of pyridine rings is 2. The van der Waals surface area contributed by atoms with Gasteiger partial charge in [-0.1, -0.05) is 42.0 Å². The molecule has 0 saturated carbocycles. The zero-order valence-corrected chi connectivity index (χ0v) is 29.5. The molecule has 0 radical (unpaired) electrons. The Hall–Kier alpha value is -5.97. The summed E-state index contributed by atoms with van der Waals surface area (Å²) in [5, 5.41) is 5.85. The zero-order chi connectivity index (χ0) is 36.4. The largest absolute Gasteiger partial charge is 0.322 e. The van der Waals surface area contributed by atoms with Gasteiger partial charge in [-0.15, -0.1) is 0 Å². The summed E-state index contributed by atoms with van der Waals surface area (Å²) in [5.74, 6) is -0.464. The molecule has 0 atom stereocenters. The molecule has 258 valence electrons. The molecule has 6 rings (SSSR count). The Morgan fingerprint density at radius 1 is 0.529 bits per heavy atom. The Bertz CT molecular complexity index is 2060. The van der Waals surface area contributed by atoms with E-state index >= 15 is 0 Å². The van der Waals surface area contributed by atoms with E-state index in [1.165, 1.54) is 12.1 Å². The maximum absolute atomic E-state index is 12.8. The lowest BCUT2D eigenvalue weighted by Gasteiger charge is -2.09. The van der Waals surface area contributed by atoms with Crippen molar-refractivity contribution in [3.63, 3.8) is 0 Å². The second-order valence-electron chi connectivity index (χ2n) is 11.8. The molecular formula is C41H40N4O5S+2. The fourth-order valence-corrected chi connectivity index (χ4v) is 5.58. The summed E-state index contributed by atoms with van der Waals surface area (Å²) in [6.07, 6.45) is 8.21. The van der Waals surface area contributed by atoms with Crippen LogP contribution < -0.4 is 19.8 Å². The highest BCUT2D eigenvalue weighted by Gasteiger charge is 2.11. The van der Waals surface area contributed by atoms with E-state index in [-0.39, 0.29) is 16.7 Å². The van der Waals surface area contributed by atoms with Crippen LogP contribution in [0, 0.1) is 6.92 Å². The molecule has 2 aromatic heterocycles. The second kappa shape index (κ2) is 16.6. The number of carbonyl (C=O) groups excluding carboxylic acids is 2. The van der Waals surface area contributed by atoms with Crippen molar-refractivity contribution < 1.29 is 31.7 Å². The molecule has 0 spiro atoms. The van der Waals surface area contributed by atoms with E-state index in [2.05, 4.69) is 82.7 Å². The molecule has 0 unspecified atom stereocenters. The van der Waals surface area contributed by atoms with E-state index < -0.39 is 10.1 Å². The fourth-order valence-electron chi connectivity index (χ4n) is 5.10. The molecule has 10 heteroatoms. The van der Waals surface area contributed by atoms with Gasteiger partial charge in [0.2, 0.25) is 0 Å². The summed E-state index contributed by atoms with van der Waals surface area (Å²) >= 11 is 0. The summed E-state index contributed by atoms with van der Waals surface area (Å²) in [6, 6.07) is 36.5. The van der Waals surface area contributed by atoms with Crippen LogP contribution in [0.15, 0.2) is 151 Å². The first-order valence-electron chi connectivity index (χ1n) is 16.5. The fraction of sp³-hybridized carbons (Fsp3) is 0.122. The number of nitrogens with zero attached hydrogens (tertiary/aromatic N) is 2. The van der Waals surface area contributed by atoms with Crippen molar-refractivity contribution in [3.05, 3.63) is 163 Å². The van der Waals surface area contributed by atoms with Gasteiger partial charge in [-0.2, -0.15) is 8.42 Å². The molecule has 0 bridgehead atoms. The van der Waals surface area contributed by atoms with Crippen molar-refractivity contribution in [1.82, 2.24) is 0 Å². The lowest BCUT2D eigenvalue weighted by molar-refractivity contribution is -0.693. The lowest BCUT2D eigenvalue weighted by atomic mass is 10.1. The van der Waals surface area contributed by atoms with Crippen LogP contribution in [0.1, 0.15) is 40.1 Å². The molecule has 3 N–H and O–H groups in total. The van der Waals surface area contributed by atoms with Gasteiger partial charge in [-0.05, 0) is 104 Å². The molecule has 9 nitrogen and oxygen atoms in total. The zero-order valence-electron chi connectivity index (χ0n) is 28.7. The molecule has 0 aliphatic carbocycles. The predicted octanol–water partition coefficient (Wildman–Crippen LogP) is 7.38. The third-order valence-corrected chi connectivity index (χ3v) is 9.06. The number of benzene rings is 4. The number of anilines is 2. The van der Waals surface area contributed by atoms with Gasteiger partial charge >= 0.3 is 0 Å². The predicted molar refractivity (Wildman–Crippen MR) is 199 cm³/mol.